The third kappa shape index (κ3) is 3.83. The normalized spacial score (nSPS) is 22.1. The Labute approximate surface area is 127 Å². The van der Waals surface area contributed by atoms with Gasteiger partial charge in [0, 0.05) is 18.4 Å². The molecule has 0 saturated heterocycles. The molecule has 21 heavy (non-hydrogen) atoms. The molecule has 3 heteroatoms. The Hall–Kier alpha value is -0.930. The predicted octanol–water partition coefficient (Wildman–Crippen LogP) is 3.81. The minimum atomic E-state index is -0.850. The fourth-order valence-electron chi connectivity index (χ4n) is 3.73. The van der Waals surface area contributed by atoms with Crippen LogP contribution in [0.1, 0.15) is 57.4 Å². The second-order valence-electron chi connectivity index (χ2n) is 6.83. The molecular weight excluding hydrogens is 265 g/mol. The highest BCUT2D eigenvalue weighted by molar-refractivity contribution is 5.19. The van der Waals surface area contributed by atoms with Crippen molar-refractivity contribution in [2.24, 2.45) is 11.1 Å². The lowest BCUT2D eigenvalue weighted by molar-refractivity contribution is -0.0795. The largest absolute Gasteiger partial charge is 0.389 e. The molecule has 0 aromatic heterocycles. The zero-order valence-corrected chi connectivity index (χ0v) is 13.1. The van der Waals surface area contributed by atoms with Gasteiger partial charge in [0.25, 0.3) is 0 Å². The highest BCUT2D eigenvalue weighted by Gasteiger charge is 2.45. The summed E-state index contributed by atoms with van der Waals surface area (Å²) in [6, 6.07) is 6.44. The number of hydrogen-bond donors (Lipinski definition) is 2. The van der Waals surface area contributed by atoms with Crippen LogP contribution >= 0.6 is 0 Å². The van der Waals surface area contributed by atoms with E-state index < -0.39 is 5.60 Å². The van der Waals surface area contributed by atoms with Crippen LogP contribution in [-0.4, -0.2) is 17.3 Å². The van der Waals surface area contributed by atoms with Crippen LogP contribution in [-0.2, 0) is 6.42 Å². The smallest absolute Gasteiger partial charge is 0.123 e. The lowest BCUT2D eigenvalue weighted by atomic mass is 9.63. The molecule has 118 valence electrons. The van der Waals surface area contributed by atoms with E-state index in [4.69, 9.17) is 5.73 Å². The Balaban J connectivity index is 2.18. The van der Waals surface area contributed by atoms with Crippen LogP contribution in [0.5, 0.6) is 0 Å². The molecule has 0 heterocycles. The number of benzene rings is 1. The van der Waals surface area contributed by atoms with Crippen LogP contribution in [0.15, 0.2) is 24.3 Å². The maximum absolute atomic E-state index is 13.0. The average molecular weight is 293 g/mol. The summed E-state index contributed by atoms with van der Waals surface area (Å²) in [5.41, 5.74) is 6.00. The summed E-state index contributed by atoms with van der Waals surface area (Å²) >= 11 is 0. The lowest BCUT2D eigenvalue weighted by Crippen LogP contribution is -2.52. The van der Waals surface area contributed by atoms with Crippen LogP contribution in [0.25, 0.3) is 0 Å². The summed E-state index contributed by atoms with van der Waals surface area (Å²) in [6.07, 6.45) is 8.52. The van der Waals surface area contributed by atoms with E-state index in [-0.39, 0.29) is 11.2 Å². The number of rotatable bonds is 4. The molecular formula is C18H28FNO. The van der Waals surface area contributed by atoms with Crippen molar-refractivity contribution in [1.82, 2.24) is 0 Å². The van der Waals surface area contributed by atoms with Gasteiger partial charge in [-0.05, 0) is 37.5 Å². The van der Waals surface area contributed by atoms with Crippen molar-refractivity contribution >= 4 is 0 Å². The van der Waals surface area contributed by atoms with Crippen LogP contribution in [0.3, 0.4) is 0 Å². The maximum atomic E-state index is 13.0. The van der Waals surface area contributed by atoms with E-state index in [0.29, 0.717) is 13.0 Å². The van der Waals surface area contributed by atoms with Crippen molar-refractivity contribution in [2.45, 2.75) is 63.9 Å². The standard InChI is InChI=1S/C18H28FNO/c1-17(21,13-15-7-9-16(19)10-8-15)18(14-20)11-5-3-2-4-6-12-18/h7-10,21H,2-6,11-14,20H2,1H3. The van der Waals surface area contributed by atoms with E-state index >= 15 is 0 Å². The highest BCUT2D eigenvalue weighted by Crippen LogP contribution is 2.44. The van der Waals surface area contributed by atoms with E-state index in [2.05, 4.69) is 0 Å². The van der Waals surface area contributed by atoms with Crippen molar-refractivity contribution < 1.29 is 9.50 Å². The molecule has 0 amide bonds. The molecule has 1 saturated carbocycles. The van der Waals surface area contributed by atoms with Gasteiger partial charge >= 0.3 is 0 Å². The van der Waals surface area contributed by atoms with E-state index in [9.17, 15) is 9.50 Å². The summed E-state index contributed by atoms with van der Waals surface area (Å²) in [6.45, 7) is 2.42. The second-order valence-corrected chi connectivity index (χ2v) is 6.83. The molecule has 1 fully saturated rings. The minimum Gasteiger partial charge on any atom is -0.389 e. The van der Waals surface area contributed by atoms with Crippen molar-refractivity contribution in [2.75, 3.05) is 6.54 Å². The second kappa shape index (κ2) is 6.89. The molecule has 2 nitrogen and oxygen atoms in total. The lowest BCUT2D eigenvalue weighted by Gasteiger charge is -2.46. The molecule has 0 aliphatic heterocycles. The molecule has 1 atom stereocenters. The van der Waals surface area contributed by atoms with Crippen LogP contribution in [0, 0.1) is 11.2 Å². The molecule has 0 bridgehead atoms. The number of nitrogens with two attached hydrogens (primary N) is 1. The summed E-state index contributed by atoms with van der Waals surface area (Å²) in [7, 11) is 0. The number of hydrogen-bond acceptors (Lipinski definition) is 2. The Morgan fingerprint density at radius 1 is 1.10 bits per heavy atom. The van der Waals surface area contributed by atoms with Gasteiger partial charge in [-0.25, -0.2) is 4.39 Å². The third-order valence-electron chi connectivity index (χ3n) is 5.31. The van der Waals surface area contributed by atoms with Gasteiger partial charge in [0.15, 0.2) is 0 Å². The fourth-order valence-corrected chi connectivity index (χ4v) is 3.73. The van der Waals surface area contributed by atoms with Crippen molar-refractivity contribution in [3.63, 3.8) is 0 Å². The molecule has 2 rings (SSSR count). The van der Waals surface area contributed by atoms with Gasteiger partial charge in [0.2, 0.25) is 0 Å². The van der Waals surface area contributed by atoms with Crippen molar-refractivity contribution in [3.05, 3.63) is 35.6 Å². The van der Waals surface area contributed by atoms with Gasteiger partial charge < -0.3 is 10.8 Å². The number of aliphatic hydroxyl groups is 1. The minimum absolute atomic E-state index is 0.220. The van der Waals surface area contributed by atoms with Gasteiger partial charge in [-0.2, -0.15) is 0 Å². The molecule has 0 radical (unpaired) electrons. The molecule has 1 aromatic rings. The van der Waals surface area contributed by atoms with Crippen molar-refractivity contribution in [1.29, 1.82) is 0 Å². The Bertz CT molecular complexity index is 433. The van der Waals surface area contributed by atoms with Crippen LogP contribution in [0.2, 0.25) is 0 Å². The summed E-state index contributed by atoms with van der Waals surface area (Å²) in [5, 5.41) is 11.2. The zero-order chi connectivity index (χ0) is 15.3. The summed E-state index contributed by atoms with van der Waals surface area (Å²) in [5.74, 6) is -0.238. The molecule has 1 aliphatic rings. The monoisotopic (exact) mass is 293 g/mol. The average Bonchev–Trinajstić information content (AvgIpc) is 2.41. The molecule has 0 spiro atoms. The Kier molecular flexibility index (Phi) is 5.39. The summed E-state index contributed by atoms with van der Waals surface area (Å²) in [4.78, 5) is 0. The van der Waals surface area contributed by atoms with Gasteiger partial charge in [-0.1, -0.05) is 44.2 Å². The van der Waals surface area contributed by atoms with Gasteiger partial charge in [0.05, 0.1) is 5.60 Å². The van der Waals surface area contributed by atoms with E-state index in [1.54, 1.807) is 12.1 Å². The molecule has 3 N–H and O–H groups in total. The van der Waals surface area contributed by atoms with Gasteiger partial charge in [-0.3, -0.25) is 0 Å². The fraction of sp³-hybridized carbons (Fsp3) is 0.667. The summed E-state index contributed by atoms with van der Waals surface area (Å²) < 4.78 is 13.0. The number of halogens is 1. The van der Waals surface area contributed by atoms with E-state index in [1.165, 1.54) is 31.4 Å². The molecule has 1 aliphatic carbocycles. The van der Waals surface area contributed by atoms with E-state index in [0.717, 1.165) is 31.2 Å². The van der Waals surface area contributed by atoms with Crippen LogP contribution < -0.4 is 5.73 Å². The zero-order valence-electron chi connectivity index (χ0n) is 13.1. The topological polar surface area (TPSA) is 46.2 Å². The molecule has 1 aromatic carbocycles. The predicted molar refractivity (Wildman–Crippen MR) is 84.5 cm³/mol. The van der Waals surface area contributed by atoms with Gasteiger partial charge in [-0.15, -0.1) is 0 Å². The molecule has 1 unspecified atom stereocenters. The third-order valence-corrected chi connectivity index (χ3v) is 5.31. The first-order chi connectivity index (χ1) is 9.99. The van der Waals surface area contributed by atoms with E-state index in [1.807, 2.05) is 6.92 Å². The first kappa shape index (κ1) is 16.4. The van der Waals surface area contributed by atoms with Gasteiger partial charge in [0.1, 0.15) is 5.82 Å². The Morgan fingerprint density at radius 3 is 2.14 bits per heavy atom. The quantitative estimate of drug-likeness (QED) is 0.886. The Morgan fingerprint density at radius 2 is 1.62 bits per heavy atom. The first-order valence-electron chi connectivity index (χ1n) is 8.16. The maximum Gasteiger partial charge on any atom is 0.123 e. The first-order valence-corrected chi connectivity index (χ1v) is 8.16. The van der Waals surface area contributed by atoms with Crippen LogP contribution in [0.4, 0.5) is 4.39 Å². The SMILES string of the molecule is CC(O)(Cc1ccc(F)cc1)C1(CN)CCCCCCC1. The highest BCUT2D eigenvalue weighted by atomic mass is 19.1. The van der Waals surface area contributed by atoms with Crippen molar-refractivity contribution in [3.8, 4) is 0 Å².